The summed E-state index contributed by atoms with van der Waals surface area (Å²) in [7, 11) is 1.66. The van der Waals surface area contributed by atoms with Gasteiger partial charge in [0.25, 0.3) is 0 Å². The Kier molecular flexibility index (Phi) is 8.37. The van der Waals surface area contributed by atoms with E-state index in [0.717, 1.165) is 25.0 Å². The van der Waals surface area contributed by atoms with E-state index in [1.807, 2.05) is 37.3 Å². The fourth-order valence-electron chi connectivity index (χ4n) is 2.71. The third kappa shape index (κ3) is 5.68. The van der Waals surface area contributed by atoms with Crippen LogP contribution in [0.5, 0.6) is 5.75 Å². The minimum absolute atomic E-state index is 0. The van der Waals surface area contributed by atoms with E-state index in [-0.39, 0.29) is 30.6 Å². The van der Waals surface area contributed by atoms with E-state index in [9.17, 15) is 4.79 Å². The molecular weight excluding hydrogens is 318 g/mol. The second kappa shape index (κ2) is 9.75. The Balaban J connectivity index is 0.00000264. The van der Waals surface area contributed by atoms with Crippen molar-refractivity contribution in [1.29, 1.82) is 0 Å². The van der Waals surface area contributed by atoms with E-state index in [0.29, 0.717) is 6.42 Å². The number of cyclic esters (lactones) is 1. The van der Waals surface area contributed by atoms with Crippen LogP contribution in [0.15, 0.2) is 30.3 Å². The summed E-state index contributed by atoms with van der Waals surface area (Å²) in [6, 6.07) is 8.95. The van der Waals surface area contributed by atoms with Gasteiger partial charge in [0.15, 0.2) is 6.10 Å². The van der Waals surface area contributed by atoms with Crippen LogP contribution in [0.3, 0.4) is 0 Å². The zero-order chi connectivity index (χ0) is 15.9. The van der Waals surface area contributed by atoms with Crippen LogP contribution >= 0.6 is 12.4 Å². The molecule has 4 atom stereocenters. The number of nitrogens with two attached hydrogens (primary N) is 1. The van der Waals surface area contributed by atoms with Crippen LogP contribution in [0, 0.1) is 0 Å². The van der Waals surface area contributed by atoms with Crippen LogP contribution in [-0.2, 0) is 14.3 Å². The Morgan fingerprint density at radius 1 is 1.17 bits per heavy atom. The van der Waals surface area contributed by atoms with Crippen molar-refractivity contribution in [3.63, 3.8) is 0 Å². The van der Waals surface area contributed by atoms with Gasteiger partial charge < -0.3 is 19.9 Å². The summed E-state index contributed by atoms with van der Waals surface area (Å²) in [5.41, 5.74) is 5.85. The highest BCUT2D eigenvalue weighted by Gasteiger charge is 2.33. The molecule has 2 rings (SSSR count). The number of ether oxygens (including phenoxy) is 3. The van der Waals surface area contributed by atoms with Crippen LogP contribution in [-0.4, -0.2) is 37.4 Å². The number of hydrogen-bond donors (Lipinski definition) is 1. The first-order valence-electron chi connectivity index (χ1n) is 7.82. The molecule has 1 aliphatic heterocycles. The van der Waals surface area contributed by atoms with Crippen molar-refractivity contribution < 1.29 is 19.0 Å². The number of carbonyl (C=O) groups excluding carboxylic acids is 1. The Morgan fingerprint density at radius 2 is 1.83 bits per heavy atom. The first-order chi connectivity index (χ1) is 10.6. The number of methoxy groups -OCH3 is 1. The van der Waals surface area contributed by atoms with Crippen LogP contribution < -0.4 is 10.5 Å². The van der Waals surface area contributed by atoms with Gasteiger partial charge >= 0.3 is 5.97 Å². The maximum Gasteiger partial charge on any atom is 0.323 e. The molecule has 1 fully saturated rings. The van der Waals surface area contributed by atoms with Crippen LogP contribution in [0.1, 0.15) is 32.6 Å². The predicted molar refractivity (Wildman–Crippen MR) is 90.9 cm³/mol. The van der Waals surface area contributed by atoms with Gasteiger partial charge in [-0.05, 0) is 31.9 Å². The molecule has 0 spiro atoms. The number of esters is 1. The maximum atomic E-state index is 12.0. The predicted octanol–water partition coefficient (Wildman–Crippen LogP) is 2.70. The Morgan fingerprint density at radius 3 is 2.48 bits per heavy atom. The summed E-state index contributed by atoms with van der Waals surface area (Å²) in [6.45, 7) is 1.83. The second-order valence-electron chi connectivity index (χ2n) is 5.70. The summed E-state index contributed by atoms with van der Waals surface area (Å²) < 4.78 is 17.1. The van der Waals surface area contributed by atoms with Gasteiger partial charge in [-0.2, -0.15) is 0 Å². The third-order valence-electron chi connectivity index (χ3n) is 4.01. The van der Waals surface area contributed by atoms with Crippen molar-refractivity contribution in [1.82, 2.24) is 0 Å². The lowest BCUT2D eigenvalue weighted by atomic mass is 9.99. The minimum atomic E-state index is -0.557. The Hall–Kier alpha value is -1.30. The monoisotopic (exact) mass is 343 g/mol. The normalized spacial score (nSPS) is 29.1. The standard InChI is InChI=1S/C17H25NO4.ClH/c1-12-16(22-13-8-4-3-5-9-13)15(20-2)11-7-6-10-14(18)17(19)21-12;/h3-5,8-9,12,14-16H,6-7,10-11,18H2,1-2H3;1H/t12-,14-,15-,16-;/m0./s1. The fraction of sp³-hybridized carbons (Fsp3) is 0.588. The zero-order valence-electron chi connectivity index (χ0n) is 13.6. The molecule has 0 saturated carbocycles. The van der Waals surface area contributed by atoms with E-state index < -0.39 is 12.1 Å². The first kappa shape index (κ1) is 19.7. The number of benzene rings is 1. The van der Waals surface area contributed by atoms with Gasteiger partial charge in [-0.3, -0.25) is 4.79 Å². The van der Waals surface area contributed by atoms with Gasteiger partial charge in [0.05, 0.1) is 6.10 Å². The van der Waals surface area contributed by atoms with E-state index in [2.05, 4.69) is 0 Å². The lowest BCUT2D eigenvalue weighted by Crippen LogP contribution is -2.46. The summed E-state index contributed by atoms with van der Waals surface area (Å²) in [5, 5.41) is 0. The number of para-hydroxylation sites is 1. The van der Waals surface area contributed by atoms with Gasteiger partial charge in [0.2, 0.25) is 0 Å². The molecule has 0 aromatic heterocycles. The molecule has 1 heterocycles. The van der Waals surface area contributed by atoms with Crippen molar-refractivity contribution in [3.8, 4) is 5.75 Å². The van der Waals surface area contributed by atoms with Crippen molar-refractivity contribution in [2.75, 3.05) is 7.11 Å². The molecule has 130 valence electrons. The molecule has 0 unspecified atom stereocenters. The van der Waals surface area contributed by atoms with E-state index in [4.69, 9.17) is 19.9 Å². The molecule has 0 radical (unpaired) electrons. The number of halogens is 1. The highest BCUT2D eigenvalue weighted by molar-refractivity contribution is 5.85. The molecule has 0 bridgehead atoms. The molecular formula is C17H26ClNO4. The number of carbonyl (C=O) groups is 1. The molecule has 0 amide bonds. The van der Waals surface area contributed by atoms with E-state index >= 15 is 0 Å². The van der Waals surface area contributed by atoms with Crippen molar-refractivity contribution >= 4 is 18.4 Å². The molecule has 2 N–H and O–H groups in total. The lowest BCUT2D eigenvalue weighted by Gasteiger charge is -2.32. The summed E-state index contributed by atoms with van der Waals surface area (Å²) in [5.74, 6) is 0.365. The molecule has 1 aliphatic rings. The average molecular weight is 344 g/mol. The quantitative estimate of drug-likeness (QED) is 0.854. The summed E-state index contributed by atoms with van der Waals surface area (Å²) >= 11 is 0. The van der Waals surface area contributed by atoms with Crippen LogP contribution in [0.4, 0.5) is 0 Å². The second-order valence-corrected chi connectivity index (χ2v) is 5.70. The van der Waals surface area contributed by atoms with Gasteiger partial charge in [-0.15, -0.1) is 12.4 Å². The van der Waals surface area contributed by atoms with Crippen LogP contribution in [0.2, 0.25) is 0 Å². The molecule has 6 heteroatoms. The first-order valence-corrected chi connectivity index (χ1v) is 7.82. The third-order valence-corrected chi connectivity index (χ3v) is 4.01. The number of rotatable bonds is 3. The Labute approximate surface area is 143 Å². The van der Waals surface area contributed by atoms with Gasteiger partial charge in [-0.1, -0.05) is 31.0 Å². The van der Waals surface area contributed by atoms with Gasteiger partial charge in [0, 0.05) is 7.11 Å². The minimum Gasteiger partial charge on any atom is -0.484 e. The molecule has 0 aliphatic carbocycles. The summed E-state index contributed by atoms with van der Waals surface area (Å²) in [4.78, 5) is 12.0. The molecule has 23 heavy (non-hydrogen) atoms. The molecule has 1 aromatic rings. The largest absolute Gasteiger partial charge is 0.484 e. The number of hydrogen-bond acceptors (Lipinski definition) is 5. The fourth-order valence-corrected chi connectivity index (χ4v) is 2.71. The highest BCUT2D eigenvalue weighted by atomic mass is 35.5. The average Bonchev–Trinajstić information content (AvgIpc) is 2.53. The summed E-state index contributed by atoms with van der Waals surface area (Å²) in [6.07, 6.45) is 2.40. The smallest absolute Gasteiger partial charge is 0.323 e. The molecule has 1 aromatic carbocycles. The van der Waals surface area contributed by atoms with Crippen LogP contribution in [0.25, 0.3) is 0 Å². The topological polar surface area (TPSA) is 70.8 Å². The van der Waals surface area contributed by atoms with E-state index in [1.165, 1.54) is 0 Å². The van der Waals surface area contributed by atoms with Crippen molar-refractivity contribution in [2.24, 2.45) is 5.73 Å². The molecule has 1 saturated heterocycles. The van der Waals surface area contributed by atoms with Crippen molar-refractivity contribution in [2.45, 2.75) is 57.0 Å². The van der Waals surface area contributed by atoms with Gasteiger partial charge in [0.1, 0.15) is 17.9 Å². The van der Waals surface area contributed by atoms with Gasteiger partial charge in [-0.25, -0.2) is 0 Å². The SMILES string of the molecule is CO[C@H]1CCCC[C@H](N)C(=O)O[C@@H](C)[C@@H]1Oc1ccccc1.Cl. The Bertz CT molecular complexity index is 471. The van der Waals surface area contributed by atoms with Crippen molar-refractivity contribution in [3.05, 3.63) is 30.3 Å². The zero-order valence-corrected chi connectivity index (χ0v) is 14.5. The highest BCUT2D eigenvalue weighted by Crippen LogP contribution is 2.23. The molecule has 5 nitrogen and oxygen atoms in total. The maximum absolute atomic E-state index is 12.0. The van der Waals surface area contributed by atoms with E-state index in [1.54, 1.807) is 7.11 Å². The lowest BCUT2D eigenvalue weighted by molar-refractivity contribution is -0.160.